The molecule has 0 spiro atoms. The highest BCUT2D eigenvalue weighted by atomic mass is 32.2. The molecule has 0 aliphatic carbocycles. The molecular formula is C23H20N4O2S. The average molecular weight is 417 g/mol. The van der Waals surface area contributed by atoms with Gasteiger partial charge in [0.25, 0.3) is 5.91 Å². The van der Waals surface area contributed by atoms with E-state index >= 15 is 0 Å². The van der Waals surface area contributed by atoms with E-state index in [9.17, 15) is 4.79 Å². The summed E-state index contributed by atoms with van der Waals surface area (Å²) < 4.78 is 1.96. The lowest BCUT2D eigenvalue weighted by Gasteiger charge is -2.10. The number of hydrogen-bond donors (Lipinski definition) is 1. The summed E-state index contributed by atoms with van der Waals surface area (Å²) in [5.41, 5.74) is 5.36. The van der Waals surface area contributed by atoms with Crippen LogP contribution in [0, 0.1) is 0 Å². The summed E-state index contributed by atoms with van der Waals surface area (Å²) in [5.74, 6) is 0.652. The maximum atomic E-state index is 12.2. The van der Waals surface area contributed by atoms with E-state index < -0.39 is 0 Å². The maximum Gasteiger partial charge on any atom is 0.254 e. The molecule has 6 nitrogen and oxygen atoms in total. The molecule has 7 heteroatoms. The lowest BCUT2D eigenvalue weighted by molar-refractivity contribution is -0.131. The van der Waals surface area contributed by atoms with E-state index in [4.69, 9.17) is 4.84 Å². The largest absolute Gasteiger partial charge is 0.272 e. The van der Waals surface area contributed by atoms with Crippen LogP contribution in [-0.2, 0) is 16.2 Å². The van der Waals surface area contributed by atoms with Gasteiger partial charge in [-0.05, 0) is 17.7 Å². The van der Waals surface area contributed by atoms with Crippen molar-refractivity contribution in [3.05, 3.63) is 96.6 Å². The van der Waals surface area contributed by atoms with Crippen LogP contribution in [0.1, 0.15) is 5.56 Å². The minimum Gasteiger partial charge on any atom is -0.272 e. The van der Waals surface area contributed by atoms with Crippen molar-refractivity contribution in [3.63, 3.8) is 0 Å². The van der Waals surface area contributed by atoms with Gasteiger partial charge in [-0.15, -0.1) is 10.2 Å². The first kappa shape index (κ1) is 19.9. The fraction of sp³-hybridized carbons (Fsp3) is 0.0870. The molecule has 0 saturated carbocycles. The quantitative estimate of drug-likeness (QED) is 0.343. The minimum absolute atomic E-state index is 0.161. The van der Waals surface area contributed by atoms with Crippen molar-refractivity contribution in [2.45, 2.75) is 11.8 Å². The summed E-state index contributed by atoms with van der Waals surface area (Å²) in [4.78, 5) is 17.5. The molecule has 0 unspecified atom stereocenters. The van der Waals surface area contributed by atoms with Crippen LogP contribution >= 0.6 is 11.8 Å². The second kappa shape index (κ2) is 9.87. The number of benzene rings is 3. The smallest absolute Gasteiger partial charge is 0.254 e. The number of carbonyl (C=O) groups excluding carboxylic acids is 1. The van der Waals surface area contributed by atoms with Gasteiger partial charge in [0.1, 0.15) is 0 Å². The number of hydrogen-bond acceptors (Lipinski definition) is 5. The highest BCUT2D eigenvalue weighted by Gasteiger charge is 2.17. The Balaban J connectivity index is 1.45. The van der Waals surface area contributed by atoms with Crippen LogP contribution < -0.4 is 5.48 Å². The van der Waals surface area contributed by atoms with Crippen molar-refractivity contribution in [1.29, 1.82) is 0 Å². The third kappa shape index (κ3) is 4.94. The predicted octanol–water partition coefficient (Wildman–Crippen LogP) is 4.27. The van der Waals surface area contributed by atoms with Crippen LogP contribution in [0.25, 0.3) is 17.1 Å². The zero-order chi connectivity index (χ0) is 20.6. The number of thioether (sulfide) groups is 1. The summed E-state index contributed by atoms with van der Waals surface area (Å²) in [6, 6.07) is 29.4. The zero-order valence-electron chi connectivity index (χ0n) is 16.1. The molecule has 1 heterocycles. The normalized spacial score (nSPS) is 10.7. The second-order valence-electron chi connectivity index (χ2n) is 6.43. The molecule has 0 atom stereocenters. The van der Waals surface area contributed by atoms with Crippen molar-refractivity contribution in [2.75, 3.05) is 5.75 Å². The highest BCUT2D eigenvalue weighted by Crippen LogP contribution is 2.27. The van der Waals surface area contributed by atoms with Gasteiger partial charge >= 0.3 is 0 Å². The first-order valence-electron chi connectivity index (χ1n) is 9.45. The van der Waals surface area contributed by atoms with Crippen molar-refractivity contribution in [1.82, 2.24) is 20.2 Å². The minimum atomic E-state index is -0.236. The molecule has 0 aliphatic rings. The molecular weight excluding hydrogens is 396 g/mol. The van der Waals surface area contributed by atoms with Gasteiger partial charge in [0.2, 0.25) is 0 Å². The fourth-order valence-electron chi connectivity index (χ4n) is 2.88. The summed E-state index contributed by atoms with van der Waals surface area (Å²) >= 11 is 1.31. The van der Waals surface area contributed by atoms with E-state index in [1.165, 1.54) is 11.8 Å². The number of hydroxylamine groups is 1. The summed E-state index contributed by atoms with van der Waals surface area (Å²) in [5, 5.41) is 9.33. The van der Waals surface area contributed by atoms with Crippen LogP contribution in [-0.4, -0.2) is 26.4 Å². The van der Waals surface area contributed by atoms with Crippen molar-refractivity contribution >= 4 is 17.7 Å². The molecule has 0 fully saturated rings. The van der Waals surface area contributed by atoms with E-state index in [1.54, 1.807) is 0 Å². The first-order valence-corrected chi connectivity index (χ1v) is 10.4. The van der Waals surface area contributed by atoms with Gasteiger partial charge in [-0.3, -0.25) is 14.2 Å². The fourth-order valence-corrected chi connectivity index (χ4v) is 3.62. The standard InChI is InChI=1S/C23H20N4O2S/c28-21(26-29-16-18-10-4-1-5-11-18)17-30-23-25-24-22(19-12-6-2-7-13-19)27(23)20-14-8-3-9-15-20/h1-15H,16-17H2,(H,26,28). The van der Waals surface area contributed by atoms with Crippen LogP contribution in [0.5, 0.6) is 0 Å². The lowest BCUT2D eigenvalue weighted by Crippen LogP contribution is -2.25. The Kier molecular flexibility index (Phi) is 6.54. The van der Waals surface area contributed by atoms with E-state index in [1.807, 2.05) is 95.6 Å². The Morgan fingerprint density at radius 1 is 0.867 bits per heavy atom. The SMILES string of the molecule is O=C(CSc1nnc(-c2ccccc2)n1-c1ccccc1)NOCc1ccccc1. The van der Waals surface area contributed by atoms with Crippen molar-refractivity contribution in [2.24, 2.45) is 0 Å². The Labute approximate surface area is 178 Å². The van der Waals surface area contributed by atoms with E-state index in [0.29, 0.717) is 11.8 Å². The Hall–Kier alpha value is -3.42. The van der Waals surface area contributed by atoms with Gasteiger partial charge in [0, 0.05) is 11.3 Å². The van der Waals surface area contributed by atoms with Crippen LogP contribution in [0.3, 0.4) is 0 Å². The Morgan fingerprint density at radius 3 is 2.20 bits per heavy atom. The van der Waals surface area contributed by atoms with Crippen LogP contribution in [0.15, 0.2) is 96.2 Å². The number of nitrogens with one attached hydrogen (secondary N) is 1. The van der Waals surface area contributed by atoms with Crippen molar-refractivity contribution < 1.29 is 9.63 Å². The van der Waals surface area contributed by atoms with Gasteiger partial charge in [0.15, 0.2) is 11.0 Å². The zero-order valence-corrected chi connectivity index (χ0v) is 17.0. The molecule has 30 heavy (non-hydrogen) atoms. The highest BCUT2D eigenvalue weighted by molar-refractivity contribution is 7.99. The third-order valence-electron chi connectivity index (χ3n) is 4.28. The van der Waals surface area contributed by atoms with Gasteiger partial charge in [-0.2, -0.15) is 0 Å². The average Bonchev–Trinajstić information content (AvgIpc) is 3.23. The Morgan fingerprint density at radius 2 is 1.50 bits per heavy atom. The van der Waals surface area contributed by atoms with Gasteiger partial charge in [-0.25, -0.2) is 5.48 Å². The maximum absolute atomic E-state index is 12.2. The molecule has 4 rings (SSSR count). The van der Waals surface area contributed by atoms with E-state index in [0.717, 1.165) is 22.6 Å². The first-order chi connectivity index (χ1) is 14.8. The lowest BCUT2D eigenvalue weighted by atomic mass is 10.2. The second-order valence-corrected chi connectivity index (χ2v) is 7.37. The summed E-state index contributed by atoms with van der Waals surface area (Å²) in [6.45, 7) is 0.315. The predicted molar refractivity (Wildman–Crippen MR) is 117 cm³/mol. The molecule has 1 N–H and O–H groups in total. The molecule has 4 aromatic rings. The van der Waals surface area contributed by atoms with Crippen LogP contribution in [0.4, 0.5) is 0 Å². The number of rotatable bonds is 8. The molecule has 0 aliphatic heterocycles. The molecule has 0 saturated heterocycles. The van der Waals surface area contributed by atoms with Crippen LogP contribution in [0.2, 0.25) is 0 Å². The molecule has 1 amide bonds. The molecule has 0 radical (unpaired) electrons. The van der Waals surface area contributed by atoms with E-state index in [-0.39, 0.29) is 11.7 Å². The summed E-state index contributed by atoms with van der Waals surface area (Å²) in [7, 11) is 0. The molecule has 3 aromatic carbocycles. The number of para-hydroxylation sites is 1. The molecule has 150 valence electrons. The molecule has 1 aromatic heterocycles. The number of nitrogens with zero attached hydrogens (tertiary/aromatic N) is 3. The van der Waals surface area contributed by atoms with Gasteiger partial charge in [0.05, 0.1) is 12.4 Å². The summed E-state index contributed by atoms with van der Waals surface area (Å²) in [6.07, 6.45) is 0. The number of carbonyl (C=O) groups is 1. The Bertz CT molecular complexity index is 1090. The monoisotopic (exact) mass is 416 g/mol. The van der Waals surface area contributed by atoms with E-state index in [2.05, 4.69) is 15.7 Å². The molecule has 0 bridgehead atoms. The topological polar surface area (TPSA) is 69.0 Å². The third-order valence-corrected chi connectivity index (χ3v) is 5.21. The number of aromatic nitrogens is 3. The van der Waals surface area contributed by atoms with Gasteiger partial charge < -0.3 is 0 Å². The van der Waals surface area contributed by atoms with Crippen molar-refractivity contribution in [3.8, 4) is 17.1 Å². The van der Waals surface area contributed by atoms with Gasteiger partial charge in [-0.1, -0.05) is 90.6 Å². The number of amides is 1.